The van der Waals surface area contributed by atoms with Crippen molar-refractivity contribution in [3.05, 3.63) is 29.3 Å². The lowest BCUT2D eigenvalue weighted by Crippen LogP contribution is -2.19. The molecule has 1 aromatic carbocycles. The summed E-state index contributed by atoms with van der Waals surface area (Å²) in [6.07, 6.45) is 2.41. The Morgan fingerprint density at radius 3 is 2.75 bits per heavy atom. The minimum Gasteiger partial charge on any atom is -0.426 e. The molecule has 0 saturated carbocycles. The number of hydrogen-bond acceptors (Lipinski definition) is 2. The number of carbonyl (C=O) groups excluding carboxylic acids is 1. The molecule has 0 atom stereocenters. The summed E-state index contributed by atoms with van der Waals surface area (Å²) >= 11 is 0. The van der Waals surface area contributed by atoms with Crippen LogP contribution in [-0.2, 0) is 16.6 Å². The van der Waals surface area contributed by atoms with E-state index in [4.69, 9.17) is 4.74 Å². The van der Waals surface area contributed by atoms with E-state index in [0.29, 0.717) is 6.42 Å². The van der Waals surface area contributed by atoms with Crippen LogP contribution in [0, 0.1) is 0 Å². The minimum atomic E-state index is -0.116. The summed E-state index contributed by atoms with van der Waals surface area (Å²) in [5.41, 5.74) is 2.68. The Morgan fingerprint density at radius 1 is 1.31 bits per heavy atom. The molecule has 0 saturated heterocycles. The van der Waals surface area contributed by atoms with E-state index < -0.39 is 0 Å². The second kappa shape index (κ2) is 3.93. The molecule has 0 aliphatic carbocycles. The van der Waals surface area contributed by atoms with Crippen LogP contribution in [0.2, 0.25) is 0 Å². The third kappa shape index (κ3) is 1.97. The fourth-order valence-corrected chi connectivity index (χ4v) is 1.91. The summed E-state index contributed by atoms with van der Waals surface area (Å²) < 4.78 is 5.19. The lowest BCUT2D eigenvalue weighted by Gasteiger charge is -2.25. The number of carbonyl (C=O) groups is 1. The summed E-state index contributed by atoms with van der Waals surface area (Å²) in [5.74, 6) is 0.627. The van der Waals surface area contributed by atoms with Crippen molar-refractivity contribution in [1.82, 2.24) is 0 Å². The molecule has 16 heavy (non-hydrogen) atoms. The molecule has 0 radical (unpaired) electrons. The molecule has 0 spiro atoms. The van der Waals surface area contributed by atoms with Crippen LogP contribution < -0.4 is 4.74 Å². The van der Waals surface area contributed by atoms with Gasteiger partial charge in [-0.15, -0.1) is 0 Å². The number of aryl methyl sites for hydroxylation is 1. The van der Waals surface area contributed by atoms with Crippen LogP contribution in [0.3, 0.4) is 0 Å². The van der Waals surface area contributed by atoms with Crippen molar-refractivity contribution in [2.24, 2.45) is 0 Å². The van der Waals surface area contributed by atoms with Crippen molar-refractivity contribution in [1.29, 1.82) is 0 Å². The summed E-state index contributed by atoms with van der Waals surface area (Å²) in [6.45, 7) is 6.67. The molecule has 0 bridgehead atoms. The van der Waals surface area contributed by atoms with Crippen molar-refractivity contribution in [3.63, 3.8) is 0 Å². The van der Waals surface area contributed by atoms with E-state index in [-0.39, 0.29) is 11.4 Å². The summed E-state index contributed by atoms with van der Waals surface area (Å²) in [6, 6.07) is 6.19. The maximum Gasteiger partial charge on any atom is 0.311 e. The van der Waals surface area contributed by atoms with E-state index in [1.54, 1.807) is 0 Å². The van der Waals surface area contributed by atoms with Crippen LogP contribution in [0.5, 0.6) is 5.75 Å². The van der Waals surface area contributed by atoms with Crippen LogP contribution in [0.4, 0.5) is 0 Å². The number of fused-ring (bicyclic) bond motifs is 1. The average Bonchev–Trinajstić information content (AvgIpc) is 2.28. The molecule has 2 heteroatoms. The highest BCUT2D eigenvalue weighted by atomic mass is 16.5. The highest BCUT2D eigenvalue weighted by Gasteiger charge is 2.22. The molecule has 2 nitrogen and oxygen atoms in total. The molecule has 0 aromatic heterocycles. The zero-order chi connectivity index (χ0) is 11.8. The highest BCUT2D eigenvalue weighted by Crippen LogP contribution is 2.32. The fraction of sp³-hybridized carbons (Fsp3) is 0.500. The maximum absolute atomic E-state index is 11.1. The molecule has 0 N–H and O–H groups in total. The topological polar surface area (TPSA) is 26.3 Å². The highest BCUT2D eigenvalue weighted by molar-refractivity contribution is 5.75. The SMILES string of the molecule is CCC(C)(C)c1ccc2c(c1)CCC(=O)O2. The summed E-state index contributed by atoms with van der Waals surface area (Å²) in [7, 11) is 0. The predicted octanol–water partition coefficient (Wildman–Crippen LogP) is 3.23. The molecule has 0 unspecified atom stereocenters. The van der Waals surface area contributed by atoms with Crippen molar-refractivity contribution >= 4 is 5.97 Å². The quantitative estimate of drug-likeness (QED) is 0.562. The van der Waals surface area contributed by atoms with Crippen LogP contribution in [0.15, 0.2) is 18.2 Å². The van der Waals surface area contributed by atoms with E-state index >= 15 is 0 Å². The Labute approximate surface area is 96.6 Å². The number of benzene rings is 1. The first kappa shape index (κ1) is 11.2. The van der Waals surface area contributed by atoms with Crippen LogP contribution in [-0.4, -0.2) is 5.97 Å². The van der Waals surface area contributed by atoms with Crippen molar-refractivity contribution in [2.45, 2.75) is 45.4 Å². The Kier molecular flexibility index (Phi) is 2.75. The molecule has 0 fully saturated rings. The first-order chi connectivity index (χ1) is 7.53. The molecular weight excluding hydrogens is 200 g/mol. The minimum absolute atomic E-state index is 0.116. The third-order valence-electron chi connectivity index (χ3n) is 3.55. The maximum atomic E-state index is 11.1. The smallest absolute Gasteiger partial charge is 0.311 e. The van der Waals surface area contributed by atoms with Gasteiger partial charge in [-0.25, -0.2) is 0 Å². The fourth-order valence-electron chi connectivity index (χ4n) is 1.91. The zero-order valence-corrected chi connectivity index (χ0v) is 10.2. The van der Waals surface area contributed by atoms with Gasteiger partial charge >= 0.3 is 5.97 Å². The van der Waals surface area contributed by atoms with Crippen molar-refractivity contribution in [2.75, 3.05) is 0 Å². The van der Waals surface area contributed by atoms with Gasteiger partial charge in [-0.3, -0.25) is 4.79 Å². The monoisotopic (exact) mass is 218 g/mol. The van der Waals surface area contributed by atoms with Crippen molar-refractivity contribution in [3.8, 4) is 5.75 Å². The van der Waals surface area contributed by atoms with E-state index in [0.717, 1.165) is 18.6 Å². The van der Waals surface area contributed by atoms with Gasteiger partial charge in [-0.05, 0) is 35.4 Å². The standard InChI is InChI=1S/C14H18O2/c1-4-14(2,3)11-6-7-12-10(9-11)5-8-13(15)16-12/h6-7,9H,4-5,8H2,1-3H3. The third-order valence-corrected chi connectivity index (χ3v) is 3.55. The van der Waals surface area contributed by atoms with Gasteiger partial charge in [0.15, 0.2) is 0 Å². The molecular formula is C14H18O2. The lowest BCUT2D eigenvalue weighted by atomic mass is 9.81. The van der Waals surface area contributed by atoms with Gasteiger partial charge < -0.3 is 4.74 Å². The molecule has 1 aromatic rings. The summed E-state index contributed by atoms with van der Waals surface area (Å²) in [4.78, 5) is 11.1. The average molecular weight is 218 g/mol. The molecule has 0 amide bonds. The van der Waals surface area contributed by atoms with Gasteiger partial charge in [-0.2, -0.15) is 0 Å². The number of rotatable bonds is 2. The molecule has 86 valence electrons. The van der Waals surface area contributed by atoms with E-state index in [1.165, 1.54) is 11.1 Å². The van der Waals surface area contributed by atoms with Gasteiger partial charge in [0, 0.05) is 0 Å². The molecule has 1 heterocycles. The second-order valence-corrected chi connectivity index (χ2v) is 5.03. The predicted molar refractivity (Wildman–Crippen MR) is 63.7 cm³/mol. The Morgan fingerprint density at radius 2 is 2.06 bits per heavy atom. The summed E-state index contributed by atoms with van der Waals surface area (Å²) in [5, 5.41) is 0. The van der Waals surface area contributed by atoms with Gasteiger partial charge in [0.25, 0.3) is 0 Å². The Bertz CT molecular complexity index is 419. The van der Waals surface area contributed by atoms with E-state index in [1.807, 2.05) is 6.07 Å². The Balaban J connectivity index is 2.36. The lowest BCUT2D eigenvalue weighted by molar-refractivity contribution is -0.135. The number of esters is 1. The zero-order valence-electron chi connectivity index (χ0n) is 10.2. The van der Waals surface area contributed by atoms with Gasteiger partial charge in [0.2, 0.25) is 0 Å². The first-order valence-corrected chi connectivity index (χ1v) is 5.87. The molecule has 1 aliphatic heterocycles. The van der Waals surface area contributed by atoms with E-state index in [9.17, 15) is 4.79 Å². The van der Waals surface area contributed by atoms with Crippen LogP contribution in [0.1, 0.15) is 44.7 Å². The van der Waals surface area contributed by atoms with Crippen LogP contribution >= 0.6 is 0 Å². The Hall–Kier alpha value is -1.31. The molecule has 1 aliphatic rings. The number of ether oxygens (including phenoxy) is 1. The van der Waals surface area contributed by atoms with Gasteiger partial charge in [-0.1, -0.05) is 32.9 Å². The number of hydrogen-bond donors (Lipinski definition) is 0. The van der Waals surface area contributed by atoms with E-state index in [2.05, 4.69) is 32.9 Å². The van der Waals surface area contributed by atoms with Crippen LogP contribution in [0.25, 0.3) is 0 Å². The van der Waals surface area contributed by atoms with Crippen molar-refractivity contribution < 1.29 is 9.53 Å². The van der Waals surface area contributed by atoms with Gasteiger partial charge in [0.1, 0.15) is 5.75 Å². The largest absolute Gasteiger partial charge is 0.426 e. The molecule has 2 rings (SSSR count). The van der Waals surface area contributed by atoms with Gasteiger partial charge in [0.05, 0.1) is 6.42 Å². The first-order valence-electron chi connectivity index (χ1n) is 5.87. The normalized spacial score (nSPS) is 15.6. The second-order valence-electron chi connectivity index (χ2n) is 5.03.